The Hall–Kier alpha value is -0.690. The van der Waals surface area contributed by atoms with Gasteiger partial charge in [0.25, 0.3) is 0 Å². The smallest absolute Gasteiger partial charge is 0.0619 e. The van der Waals surface area contributed by atoms with Crippen LogP contribution in [0.5, 0.6) is 0 Å². The van der Waals surface area contributed by atoms with Crippen molar-refractivity contribution in [2.75, 3.05) is 0 Å². The van der Waals surface area contributed by atoms with Crippen molar-refractivity contribution < 1.29 is 0 Å². The molecule has 1 aliphatic heterocycles. The maximum absolute atomic E-state index is 2.04. The molecule has 0 N–H and O–H groups in total. The van der Waals surface area contributed by atoms with Gasteiger partial charge in [0.1, 0.15) is 0 Å². The molecule has 40 valence electrons. The van der Waals surface area contributed by atoms with Crippen LogP contribution in [0.2, 0.25) is 0 Å². The van der Waals surface area contributed by atoms with Crippen LogP contribution in [0.1, 0.15) is 0 Å². The van der Waals surface area contributed by atoms with Gasteiger partial charge in [0, 0.05) is 0 Å². The standard InChI is InChI=1S/C7H7S/c1-2-4-6-8-7-5-3-1/h1-7H/q+1. The van der Waals surface area contributed by atoms with Gasteiger partial charge in [-0.1, -0.05) is 18.2 Å². The van der Waals surface area contributed by atoms with Crippen LogP contribution in [0, 0.1) is 0 Å². The topological polar surface area (TPSA) is 0 Å². The molecule has 1 rings (SSSR count). The third-order valence-electron chi connectivity index (χ3n) is 0.759. The van der Waals surface area contributed by atoms with Crippen LogP contribution < -0.4 is 0 Å². The van der Waals surface area contributed by atoms with Crippen molar-refractivity contribution in [1.29, 1.82) is 0 Å². The molecule has 0 nitrogen and oxygen atoms in total. The lowest BCUT2D eigenvalue weighted by molar-refractivity contribution is 1.95. The van der Waals surface area contributed by atoms with Crippen LogP contribution in [-0.2, 0) is 11.4 Å². The number of hydrogen-bond donors (Lipinski definition) is 0. The quantitative estimate of drug-likeness (QED) is 0.338. The Kier molecular flexibility index (Phi) is 2.27. The Morgan fingerprint density at radius 3 is 2.50 bits per heavy atom. The molecule has 0 unspecified atom stereocenters. The fraction of sp³-hybridized carbons (Fsp3) is 0. The van der Waals surface area contributed by atoms with E-state index in [0.717, 1.165) is 0 Å². The molecule has 1 aliphatic rings. The molecule has 0 aromatic carbocycles. The molecule has 0 saturated heterocycles. The minimum atomic E-state index is 1.69. The maximum Gasteiger partial charge on any atom is 0.211 e. The highest BCUT2D eigenvalue weighted by Crippen LogP contribution is 1.81. The Morgan fingerprint density at radius 1 is 0.750 bits per heavy atom. The van der Waals surface area contributed by atoms with E-state index < -0.39 is 0 Å². The zero-order chi connectivity index (χ0) is 5.66. The highest BCUT2D eigenvalue weighted by Gasteiger charge is 1.79. The van der Waals surface area contributed by atoms with Gasteiger partial charge in [0.15, 0.2) is 10.8 Å². The van der Waals surface area contributed by atoms with Gasteiger partial charge in [-0.3, -0.25) is 0 Å². The van der Waals surface area contributed by atoms with Gasteiger partial charge in [0.2, 0.25) is 11.4 Å². The second kappa shape index (κ2) is 3.33. The van der Waals surface area contributed by atoms with E-state index in [2.05, 4.69) is 0 Å². The first-order valence-electron chi connectivity index (χ1n) is 2.47. The summed E-state index contributed by atoms with van der Waals surface area (Å²) in [6.45, 7) is 0. The molecule has 8 heavy (non-hydrogen) atoms. The summed E-state index contributed by atoms with van der Waals surface area (Å²) in [6.07, 6.45) is 10.1. The summed E-state index contributed by atoms with van der Waals surface area (Å²) in [6, 6.07) is 0. The Balaban J connectivity index is 2.67. The molecule has 0 atom stereocenters. The lowest BCUT2D eigenvalue weighted by Gasteiger charge is -1.68. The number of allylic oxidation sites excluding steroid dienone is 5. The van der Waals surface area contributed by atoms with Gasteiger partial charge in [-0.2, -0.15) is 0 Å². The molecule has 1 heterocycles. The molecule has 0 spiro atoms. The van der Waals surface area contributed by atoms with Gasteiger partial charge in [0.05, 0.1) is 0 Å². The first kappa shape index (κ1) is 5.45. The zero-order valence-corrected chi connectivity index (χ0v) is 5.27. The predicted molar refractivity (Wildman–Crippen MR) is 40.8 cm³/mol. The third-order valence-corrected chi connectivity index (χ3v) is 1.39. The first-order valence-corrected chi connectivity index (χ1v) is 3.41. The normalized spacial score (nSPS) is 16.0. The van der Waals surface area contributed by atoms with Crippen molar-refractivity contribution in [3.05, 3.63) is 35.8 Å². The first-order chi connectivity index (χ1) is 4.00. The van der Waals surface area contributed by atoms with Crippen molar-refractivity contribution in [3.8, 4) is 0 Å². The van der Waals surface area contributed by atoms with E-state index in [-0.39, 0.29) is 0 Å². The molecule has 0 aromatic heterocycles. The Labute approximate surface area is 53.2 Å². The monoisotopic (exact) mass is 123 g/mol. The van der Waals surface area contributed by atoms with E-state index in [1.807, 2.05) is 41.2 Å². The summed E-state index contributed by atoms with van der Waals surface area (Å²) in [5.41, 5.74) is 0. The predicted octanol–water partition coefficient (Wildman–Crippen LogP) is 1.51. The highest BCUT2D eigenvalue weighted by atomic mass is 32.1. The van der Waals surface area contributed by atoms with E-state index >= 15 is 0 Å². The molecule has 0 radical (unpaired) electrons. The largest absolute Gasteiger partial charge is 0.211 e. The summed E-state index contributed by atoms with van der Waals surface area (Å²) in [7, 11) is 0. The van der Waals surface area contributed by atoms with Crippen molar-refractivity contribution in [1.82, 2.24) is 0 Å². The molecule has 0 saturated carbocycles. The SMILES string of the molecule is C1=CC=C[S+]=CC=C1. The molecule has 0 amide bonds. The Bertz CT molecular complexity index is 105. The van der Waals surface area contributed by atoms with E-state index in [9.17, 15) is 0 Å². The second-order valence-electron chi connectivity index (χ2n) is 1.37. The molecule has 0 aromatic rings. The minimum Gasteiger partial charge on any atom is -0.0619 e. The van der Waals surface area contributed by atoms with Crippen LogP contribution in [0.4, 0.5) is 0 Å². The lowest BCUT2D eigenvalue weighted by Crippen LogP contribution is -1.65. The average molecular weight is 123 g/mol. The van der Waals surface area contributed by atoms with Crippen molar-refractivity contribution in [2.45, 2.75) is 0 Å². The van der Waals surface area contributed by atoms with Crippen LogP contribution >= 0.6 is 0 Å². The van der Waals surface area contributed by atoms with Gasteiger partial charge in [-0.15, -0.1) is 0 Å². The molecule has 0 bridgehead atoms. The van der Waals surface area contributed by atoms with Gasteiger partial charge in [-0.05, 0) is 12.2 Å². The summed E-state index contributed by atoms with van der Waals surface area (Å²) in [5.74, 6) is 0. The number of hydrogen-bond acceptors (Lipinski definition) is 0. The van der Waals surface area contributed by atoms with Gasteiger partial charge in [-0.25, -0.2) is 0 Å². The summed E-state index contributed by atoms with van der Waals surface area (Å²) in [4.78, 5) is 0. The van der Waals surface area contributed by atoms with Crippen molar-refractivity contribution in [2.24, 2.45) is 0 Å². The fourth-order valence-corrected chi connectivity index (χ4v) is 0.873. The van der Waals surface area contributed by atoms with Gasteiger partial charge < -0.3 is 0 Å². The van der Waals surface area contributed by atoms with Crippen LogP contribution in [0.3, 0.4) is 0 Å². The van der Waals surface area contributed by atoms with Crippen molar-refractivity contribution >= 4 is 16.7 Å². The molecular weight excluding hydrogens is 116 g/mol. The third kappa shape index (κ3) is 1.85. The molecule has 0 aliphatic carbocycles. The minimum absolute atomic E-state index is 1.69. The summed E-state index contributed by atoms with van der Waals surface area (Å²) >= 11 is 1.69. The summed E-state index contributed by atoms with van der Waals surface area (Å²) in [5, 5.41) is 4.08. The number of rotatable bonds is 0. The second-order valence-corrected chi connectivity index (χ2v) is 2.19. The van der Waals surface area contributed by atoms with Crippen LogP contribution in [-0.4, -0.2) is 5.37 Å². The summed E-state index contributed by atoms with van der Waals surface area (Å²) < 4.78 is 0. The van der Waals surface area contributed by atoms with E-state index in [1.165, 1.54) is 0 Å². The average Bonchev–Trinajstić information content (AvgIpc) is 1.62. The molecule has 0 fully saturated rings. The molecule has 1 heteroatoms. The fourth-order valence-electron chi connectivity index (χ4n) is 0.419. The highest BCUT2D eigenvalue weighted by molar-refractivity contribution is 7.80. The van der Waals surface area contributed by atoms with Crippen molar-refractivity contribution in [3.63, 3.8) is 0 Å². The zero-order valence-electron chi connectivity index (χ0n) is 4.45. The molecular formula is C7H7S+. The lowest BCUT2D eigenvalue weighted by atomic mass is 10.4. The van der Waals surface area contributed by atoms with E-state index in [1.54, 1.807) is 11.4 Å². The van der Waals surface area contributed by atoms with Gasteiger partial charge >= 0.3 is 0 Å². The van der Waals surface area contributed by atoms with Crippen LogP contribution in [0.25, 0.3) is 0 Å². The van der Waals surface area contributed by atoms with Crippen LogP contribution in [0.15, 0.2) is 35.8 Å². The van der Waals surface area contributed by atoms with E-state index in [0.29, 0.717) is 0 Å². The maximum atomic E-state index is 2.04. The van der Waals surface area contributed by atoms with E-state index in [4.69, 9.17) is 0 Å². The Morgan fingerprint density at radius 2 is 1.50 bits per heavy atom.